The van der Waals surface area contributed by atoms with Gasteiger partial charge in [0.05, 0.1) is 11.7 Å². The summed E-state index contributed by atoms with van der Waals surface area (Å²) in [4.78, 5) is 0. The van der Waals surface area contributed by atoms with Gasteiger partial charge >= 0.3 is 0 Å². The fourth-order valence-electron chi connectivity index (χ4n) is 4.09. The second kappa shape index (κ2) is 3.96. The number of hydrogen-bond donors (Lipinski definition) is 2. The van der Waals surface area contributed by atoms with Crippen LogP contribution in [0.5, 0.6) is 0 Å². The number of rotatable bonds is 0. The Labute approximate surface area is 103 Å². The van der Waals surface area contributed by atoms with E-state index in [-0.39, 0.29) is 17.9 Å². The first kappa shape index (κ1) is 11.5. The van der Waals surface area contributed by atoms with Gasteiger partial charge in [-0.25, -0.2) is 0 Å². The number of allylic oxidation sites excluding steroid dienone is 2. The molecule has 0 heterocycles. The fourth-order valence-corrected chi connectivity index (χ4v) is 4.09. The first-order chi connectivity index (χ1) is 8.10. The van der Waals surface area contributed by atoms with Gasteiger partial charge in [-0.15, -0.1) is 0 Å². The molecule has 0 saturated heterocycles. The Morgan fingerprint density at radius 2 is 2.18 bits per heavy atom. The van der Waals surface area contributed by atoms with Crippen LogP contribution >= 0.6 is 0 Å². The SMILES string of the molecule is CC1=CC2=CC[C@H](O)[C@H]3CCC[C@@](O)(CC1)[C@H]23. The van der Waals surface area contributed by atoms with Crippen molar-refractivity contribution in [1.29, 1.82) is 0 Å². The average molecular weight is 234 g/mol. The molecule has 0 aromatic carbocycles. The molecule has 0 radical (unpaired) electrons. The van der Waals surface area contributed by atoms with Gasteiger partial charge in [-0.2, -0.15) is 0 Å². The lowest BCUT2D eigenvalue weighted by atomic mass is 9.61. The van der Waals surface area contributed by atoms with E-state index in [1.54, 1.807) is 0 Å². The molecular weight excluding hydrogens is 212 g/mol. The summed E-state index contributed by atoms with van der Waals surface area (Å²) in [5.74, 6) is 0.452. The summed E-state index contributed by atoms with van der Waals surface area (Å²) in [6.45, 7) is 2.15. The highest BCUT2D eigenvalue weighted by Crippen LogP contribution is 2.50. The van der Waals surface area contributed by atoms with Crippen LogP contribution in [0.2, 0.25) is 0 Å². The monoisotopic (exact) mass is 234 g/mol. The van der Waals surface area contributed by atoms with E-state index in [2.05, 4.69) is 19.1 Å². The number of aliphatic hydroxyl groups is 2. The van der Waals surface area contributed by atoms with E-state index in [0.717, 1.165) is 38.5 Å². The Kier molecular flexibility index (Phi) is 2.68. The smallest absolute Gasteiger partial charge is 0.0722 e. The summed E-state index contributed by atoms with van der Waals surface area (Å²) >= 11 is 0. The van der Waals surface area contributed by atoms with Gasteiger partial charge in [0.15, 0.2) is 0 Å². The molecule has 3 aliphatic rings. The van der Waals surface area contributed by atoms with Crippen LogP contribution in [0, 0.1) is 11.8 Å². The lowest BCUT2D eigenvalue weighted by molar-refractivity contribution is -0.0926. The van der Waals surface area contributed by atoms with Crippen LogP contribution in [-0.4, -0.2) is 21.9 Å². The van der Waals surface area contributed by atoms with Crippen molar-refractivity contribution in [3.05, 3.63) is 23.3 Å². The summed E-state index contributed by atoms with van der Waals surface area (Å²) in [6, 6.07) is 0. The quantitative estimate of drug-likeness (QED) is 0.676. The summed E-state index contributed by atoms with van der Waals surface area (Å²) in [6.07, 6.45) is 9.80. The second-order valence-electron chi connectivity index (χ2n) is 6.14. The van der Waals surface area contributed by atoms with E-state index in [4.69, 9.17) is 0 Å². The maximum atomic E-state index is 10.9. The highest BCUT2D eigenvalue weighted by molar-refractivity contribution is 5.34. The molecule has 1 fully saturated rings. The Morgan fingerprint density at radius 3 is 3.00 bits per heavy atom. The molecule has 0 unspecified atom stereocenters. The second-order valence-corrected chi connectivity index (χ2v) is 6.14. The minimum atomic E-state index is -0.565. The Balaban J connectivity index is 2.06. The van der Waals surface area contributed by atoms with Gasteiger partial charge in [-0.3, -0.25) is 0 Å². The van der Waals surface area contributed by atoms with Crippen LogP contribution in [0.25, 0.3) is 0 Å². The van der Waals surface area contributed by atoms with E-state index in [0.29, 0.717) is 0 Å². The third-order valence-corrected chi connectivity index (χ3v) is 4.97. The topological polar surface area (TPSA) is 40.5 Å². The molecule has 1 saturated carbocycles. The molecule has 2 N–H and O–H groups in total. The van der Waals surface area contributed by atoms with E-state index in [1.807, 2.05) is 0 Å². The molecule has 2 nitrogen and oxygen atoms in total. The molecule has 3 rings (SSSR count). The van der Waals surface area contributed by atoms with Crippen LogP contribution in [0.3, 0.4) is 0 Å². The zero-order valence-corrected chi connectivity index (χ0v) is 10.5. The van der Waals surface area contributed by atoms with Gasteiger partial charge in [0.25, 0.3) is 0 Å². The summed E-state index contributed by atoms with van der Waals surface area (Å²) < 4.78 is 0. The number of hydrogen-bond acceptors (Lipinski definition) is 2. The molecule has 0 spiro atoms. The lowest BCUT2D eigenvalue weighted by Crippen LogP contribution is -2.50. The Bertz CT molecular complexity index is 382. The highest BCUT2D eigenvalue weighted by Gasteiger charge is 2.49. The van der Waals surface area contributed by atoms with Gasteiger partial charge in [-0.1, -0.05) is 24.1 Å². The first-order valence-corrected chi connectivity index (χ1v) is 6.88. The van der Waals surface area contributed by atoms with Crippen molar-refractivity contribution in [2.45, 2.75) is 57.2 Å². The molecule has 0 amide bonds. The Morgan fingerprint density at radius 1 is 1.35 bits per heavy atom. The van der Waals surface area contributed by atoms with Gasteiger partial charge in [0, 0.05) is 5.92 Å². The normalized spacial score (nSPS) is 45.5. The van der Waals surface area contributed by atoms with Crippen LogP contribution in [0.1, 0.15) is 45.4 Å². The third kappa shape index (κ3) is 1.78. The van der Waals surface area contributed by atoms with Crippen LogP contribution in [0.4, 0.5) is 0 Å². The molecule has 0 aliphatic heterocycles. The first-order valence-electron chi connectivity index (χ1n) is 6.88. The minimum absolute atomic E-state index is 0.178. The molecule has 94 valence electrons. The lowest BCUT2D eigenvalue weighted by Gasteiger charge is -2.48. The van der Waals surface area contributed by atoms with Gasteiger partial charge in [-0.05, 0) is 50.5 Å². The molecular formula is C15H22O2. The molecule has 0 aromatic rings. The summed E-state index contributed by atoms with van der Waals surface area (Å²) in [5.41, 5.74) is 2.09. The van der Waals surface area contributed by atoms with Crippen molar-refractivity contribution < 1.29 is 10.2 Å². The van der Waals surface area contributed by atoms with Gasteiger partial charge in [0.1, 0.15) is 0 Å². The fraction of sp³-hybridized carbons (Fsp3) is 0.733. The summed E-state index contributed by atoms with van der Waals surface area (Å²) in [5, 5.41) is 21.1. The van der Waals surface area contributed by atoms with Crippen molar-refractivity contribution in [2.75, 3.05) is 0 Å². The van der Waals surface area contributed by atoms with Gasteiger partial charge in [0.2, 0.25) is 0 Å². The van der Waals surface area contributed by atoms with Crippen LogP contribution in [-0.2, 0) is 0 Å². The molecule has 3 aliphatic carbocycles. The third-order valence-electron chi connectivity index (χ3n) is 4.97. The van der Waals surface area contributed by atoms with E-state index < -0.39 is 5.60 Å². The number of aliphatic hydroxyl groups excluding tert-OH is 1. The summed E-state index contributed by atoms with van der Waals surface area (Å²) in [7, 11) is 0. The zero-order chi connectivity index (χ0) is 12.0. The molecule has 0 aromatic heterocycles. The minimum Gasteiger partial charge on any atom is -0.392 e. The van der Waals surface area contributed by atoms with Crippen molar-refractivity contribution in [3.8, 4) is 0 Å². The average Bonchev–Trinajstić information content (AvgIpc) is 2.43. The van der Waals surface area contributed by atoms with Crippen molar-refractivity contribution in [2.24, 2.45) is 11.8 Å². The Hall–Kier alpha value is -0.600. The maximum Gasteiger partial charge on any atom is 0.0722 e. The molecule has 17 heavy (non-hydrogen) atoms. The van der Waals surface area contributed by atoms with Crippen molar-refractivity contribution in [3.63, 3.8) is 0 Å². The van der Waals surface area contributed by atoms with E-state index in [1.165, 1.54) is 11.1 Å². The van der Waals surface area contributed by atoms with Crippen molar-refractivity contribution in [1.82, 2.24) is 0 Å². The van der Waals surface area contributed by atoms with Crippen LogP contribution < -0.4 is 0 Å². The molecule has 4 atom stereocenters. The highest BCUT2D eigenvalue weighted by atomic mass is 16.3. The van der Waals surface area contributed by atoms with Gasteiger partial charge < -0.3 is 10.2 Å². The van der Waals surface area contributed by atoms with Crippen molar-refractivity contribution >= 4 is 0 Å². The molecule has 0 bridgehead atoms. The standard InChI is InChI=1S/C15H22O2/c1-10-6-8-15(17)7-2-3-12-13(16)5-4-11(9-10)14(12)15/h4,9,12-14,16-17H,2-3,5-8H2,1H3/t12-,13+,14-,15-/m1/s1. The van der Waals surface area contributed by atoms with E-state index >= 15 is 0 Å². The maximum absolute atomic E-state index is 10.9. The van der Waals surface area contributed by atoms with Crippen LogP contribution in [0.15, 0.2) is 23.3 Å². The predicted molar refractivity (Wildman–Crippen MR) is 67.5 cm³/mol. The zero-order valence-electron chi connectivity index (χ0n) is 10.5. The molecule has 2 heteroatoms. The largest absolute Gasteiger partial charge is 0.392 e. The van der Waals surface area contributed by atoms with E-state index in [9.17, 15) is 10.2 Å². The predicted octanol–water partition coefficient (Wildman–Crippen LogP) is 2.56.